The molecule has 0 unspecified atom stereocenters. The summed E-state index contributed by atoms with van der Waals surface area (Å²) >= 11 is 1.71. The first-order chi connectivity index (χ1) is 7.10. The molecule has 1 N–H and O–H groups in total. The van der Waals surface area contributed by atoms with Crippen LogP contribution in [0.3, 0.4) is 0 Å². The Hall–Kier alpha value is -0.960. The third kappa shape index (κ3) is 8.06. The van der Waals surface area contributed by atoms with Crippen molar-refractivity contribution in [1.82, 2.24) is 5.32 Å². The second-order valence-electron chi connectivity index (χ2n) is 3.13. The molecule has 0 aromatic rings. The fourth-order valence-electron chi connectivity index (χ4n) is 0.875. The van der Waals surface area contributed by atoms with Crippen LogP contribution in [-0.2, 0) is 0 Å². The molecule has 0 heterocycles. The third-order valence-electron chi connectivity index (χ3n) is 1.38. The van der Waals surface area contributed by atoms with E-state index in [1.54, 1.807) is 11.8 Å². The Morgan fingerprint density at radius 2 is 2.13 bits per heavy atom. The standard InChI is InChI=1S/C12H20N2S/c1-6-8-12(13-10(3)4)14-11(5)15-9-7-2/h6,8H,3,5,7,9H2,1-2,4H3,(H,13,14)/b8-6-. The van der Waals surface area contributed by atoms with Gasteiger partial charge in [-0.25, -0.2) is 4.99 Å². The van der Waals surface area contributed by atoms with Crippen LogP contribution in [0.25, 0.3) is 0 Å². The molecule has 0 aromatic heterocycles. The molecule has 0 aliphatic carbocycles. The molecule has 0 radical (unpaired) electrons. The number of allylic oxidation sites excluding steroid dienone is 2. The van der Waals surface area contributed by atoms with Crippen molar-refractivity contribution in [2.24, 2.45) is 4.99 Å². The van der Waals surface area contributed by atoms with Gasteiger partial charge in [-0.3, -0.25) is 0 Å². The van der Waals surface area contributed by atoms with Crippen molar-refractivity contribution in [3.63, 3.8) is 0 Å². The minimum Gasteiger partial charge on any atom is -0.335 e. The van der Waals surface area contributed by atoms with Crippen LogP contribution in [0.1, 0.15) is 27.2 Å². The fraction of sp³-hybridized carbons (Fsp3) is 0.417. The maximum absolute atomic E-state index is 4.26. The summed E-state index contributed by atoms with van der Waals surface area (Å²) in [6, 6.07) is 0. The average molecular weight is 224 g/mol. The van der Waals surface area contributed by atoms with E-state index in [0.29, 0.717) is 0 Å². The Bertz CT molecular complexity index is 277. The molecule has 2 nitrogen and oxygen atoms in total. The number of thioether (sulfide) groups is 1. The van der Waals surface area contributed by atoms with Crippen molar-refractivity contribution in [3.8, 4) is 0 Å². The lowest BCUT2D eigenvalue weighted by atomic mass is 10.4. The SMILES string of the molecule is C=C(C)/N=C(\C=C/C)NC(=C)SCCC. The second kappa shape index (κ2) is 8.36. The minimum absolute atomic E-state index is 0.781. The van der Waals surface area contributed by atoms with Crippen molar-refractivity contribution in [2.45, 2.75) is 27.2 Å². The van der Waals surface area contributed by atoms with Crippen LogP contribution in [-0.4, -0.2) is 11.6 Å². The Labute approximate surface area is 97.3 Å². The van der Waals surface area contributed by atoms with Crippen LogP contribution in [0.2, 0.25) is 0 Å². The second-order valence-corrected chi connectivity index (χ2v) is 4.32. The topological polar surface area (TPSA) is 24.4 Å². The maximum Gasteiger partial charge on any atom is 0.130 e. The molecular formula is C12H20N2S. The van der Waals surface area contributed by atoms with E-state index in [1.165, 1.54) is 0 Å². The number of rotatable bonds is 6. The number of nitrogens with one attached hydrogen (secondary N) is 1. The van der Waals surface area contributed by atoms with Crippen molar-refractivity contribution in [2.75, 3.05) is 5.75 Å². The third-order valence-corrected chi connectivity index (χ3v) is 2.45. The first-order valence-corrected chi connectivity index (χ1v) is 6.04. The Kier molecular flexibility index (Phi) is 7.82. The van der Waals surface area contributed by atoms with Gasteiger partial charge in [-0.2, -0.15) is 0 Å². The van der Waals surface area contributed by atoms with Crippen LogP contribution >= 0.6 is 11.8 Å². The molecule has 0 aromatic carbocycles. The van der Waals surface area contributed by atoms with Gasteiger partial charge in [0.25, 0.3) is 0 Å². The summed E-state index contributed by atoms with van der Waals surface area (Å²) in [5.41, 5.74) is 0.781. The van der Waals surface area contributed by atoms with E-state index in [2.05, 4.69) is 30.4 Å². The van der Waals surface area contributed by atoms with Crippen molar-refractivity contribution in [1.29, 1.82) is 0 Å². The van der Waals surface area contributed by atoms with Gasteiger partial charge in [0.05, 0.1) is 5.03 Å². The normalized spacial score (nSPS) is 11.8. The van der Waals surface area contributed by atoms with Gasteiger partial charge < -0.3 is 5.32 Å². The van der Waals surface area contributed by atoms with Crippen molar-refractivity contribution < 1.29 is 0 Å². The summed E-state index contributed by atoms with van der Waals surface area (Å²) in [5, 5.41) is 4.08. The van der Waals surface area contributed by atoms with Gasteiger partial charge in [0, 0.05) is 5.70 Å². The molecule has 0 fully saturated rings. The number of aliphatic imine (C=N–C) groups is 1. The highest BCUT2D eigenvalue weighted by molar-refractivity contribution is 8.03. The van der Waals surface area contributed by atoms with Crippen LogP contribution in [0.15, 0.2) is 41.0 Å². The highest BCUT2D eigenvalue weighted by atomic mass is 32.2. The van der Waals surface area contributed by atoms with E-state index >= 15 is 0 Å². The van der Waals surface area contributed by atoms with Crippen molar-refractivity contribution in [3.05, 3.63) is 36.0 Å². The zero-order valence-corrected chi connectivity index (χ0v) is 10.7. The molecule has 0 bridgehead atoms. The minimum atomic E-state index is 0.781. The summed E-state index contributed by atoms with van der Waals surface area (Å²) in [6.07, 6.45) is 4.99. The summed E-state index contributed by atoms with van der Waals surface area (Å²) < 4.78 is 0. The molecule has 0 spiro atoms. The van der Waals surface area contributed by atoms with Gasteiger partial charge in [0.2, 0.25) is 0 Å². The predicted octanol–water partition coefficient (Wildman–Crippen LogP) is 3.70. The predicted molar refractivity (Wildman–Crippen MR) is 72.1 cm³/mol. The van der Waals surface area contributed by atoms with Gasteiger partial charge in [-0.1, -0.05) is 26.2 Å². The molecule has 0 aliphatic rings. The van der Waals surface area contributed by atoms with E-state index in [-0.39, 0.29) is 0 Å². The smallest absolute Gasteiger partial charge is 0.130 e. The summed E-state index contributed by atoms with van der Waals surface area (Å²) in [4.78, 5) is 4.26. The first-order valence-electron chi connectivity index (χ1n) is 5.05. The lowest BCUT2D eigenvalue weighted by Gasteiger charge is -2.08. The molecule has 0 aliphatic heterocycles. The quantitative estimate of drug-likeness (QED) is 0.549. The number of nitrogens with zero attached hydrogens (tertiary/aromatic N) is 1. The zero-order valence-electron chi connectivity index (χ0n) is 9.84. The summed E-state index contributed by atoms with van der Waals surface area (Å²) in [7, 11) is 0. The summed E-state index contributed by atoms with van der Waals surface area (Å²) in [5.74, 6) is 1.86. The van der Waals surface area contributed by atoms with Gasteiger partial charge >= 0.3 is 0 Å². The fourth-order valence-corrected chi connectivity index (χ4v) is 1.50. The lowest BCUT2D eigenvalue weighted by Crippen LogP contribution is -2.18. The van der Waals surface area contributed by atoms with E-state index in [9.17, 15) is 0 Å². The van der Waals surface area contributed by atoms with Crippen LogP contribution in [0.4, 0.5) is 0 Å². The largest absolute Gasteiger partial charge is 0.335 e. The molecule has 0 saturated heterocycles. The number of hydrogen-bond acceptors (Lipinski definition) is 2. The zero-order chi connectivity index (χ0) is 11.7. The molecule has 15 heavy (non-hydrogen) atoms. The van der Waals surface area contributed by atoms with E-state index in [4.69, 9.17) is 0 Å². The lowest BCUT2D eigenvalue weighted by molar-refractivity contribution is 1.10. The Morgan fingerprint density at radius 3 is 2.60 bits per heavy atom. The summed E-state index contributed by atoms with van der Waals surface area (Å²) in [6.45, 7) is 13.6. The molecular weight excluding hydrogens is 204 g/mol. The van der Waals surface area contributed by atoms with Crippen LogP contribution in [0.5, 0.6) is 0 Å². The molecule has 84 valence electrons. The highest BCUT2D eigenvalue weighted by Crippen LogP contribution is 2.11. The number of hydrogen-bond donors (Lipinski definition) is 1. The van der Waals surface area contributed by atoms with Crippen LogP contribution < -0.4 is 5.32 Å². The monoisotopic (exact) mass is 224 g/mol. The first kappa shape index (κ1) is 14.0. The molecule has 0 rings (SSSR count). The maximum atomic E-state index is 4.26. The van der Waals surface area contributed by atoms with E-state index in [0.717, 1.165) is 28.7 Å². The number of amidine groups is 1. The van der Waals surface area contributed by atoms with Crippen LogP contribution in [0, 0.1) is 0 Å². The molecule has 0 saturated carbocycles. The Morgan fingerprint density at radius 1 is 1.47 bits per heavy atom. The van der Waals surface area contributed by atoms with Gasteiger partial charge in [0.1, 0.15) is 5.84 Å². The average Bonchev–Trinajstić information content (AvgIpc) is 2.14. The van der Waals surface area contributed by atoms with Gasteiger partial charge in [-0.05, 0) is 32.1 Å². The Balaban J connectivity index is 4.29. The van der Waals surface area contributed by atoms with Gasteiger partial charge in [0.15, 0.2) is 0 Å². The molecule has 3 heteroatoms. The molecule has 0 atom stereocenters. The highest BCUT2D eigenvalue weighted by Gasteiger charge is 1.97. The van der Waals surface area contributed by atoms with E-state index < -0.39 is 0 Å². The van der Waals surface area contributed by atoms with E-state index in [1.807, 2.05) is 26.0 Å². The van der Waals surface area contributed by atoms with Gasteiger partial charge in [-0.15, -0.1) is 11.8 Å². The van der Waals surface area contributed by atoms with Crippen molar-refractivity contribution >= 4 is 17.6 Å². The molecule has 0 amide bonds.